The average Bonchev–Trinajstić information content (AvgIpc) is 2.85. The maximum atomic E-state index is 12.8. The highest BCUT2D eigenvalue weighted by Gasteiger charge is 2.45. The fourth-order valence-electron chi connectivity index (χ4n) is 2.88. The first-order valence-corrected chi connectivity index (χ1v) is 6.70. The molecule has 1 N–H and O–H groups in total. The molecule has 19 heavy (non-hydrogen) atoms. The van der Waals surface area contributed by atoms with E-state index in [0.717, 1.165) is 0 Å². The van der Waals surface area contributed by atoms with E-state index in [4.69, 9.17) is 14.2 Å². The number of rotatable bonds is 4. The van der Waals surface area contributed by atoms with E-state index >= 15 is 0 Å². The van der Waals surface area contributed by atoms with Gasteiger partial charge in [-0.3, -0.25) is 4.79 Å². The summed E-state index contributed by atoms with van der Waals surface area (Å²) in [6.07, 6.45) is 0.717. The summed E-state index contributed by atoms with van der Waals surface area (Å²) in [6, 6.07) is -0.260. The lowest BCUT2D eigenvalue weighted by Gasteiger charge is -2.40. The first-order chi connectivity index (χ1) is 9.10. The van der Waals surface area contributed by atoms with Crippen molar-refractivity contribution in [2.45, 2.75) is 25.0 Å². The van der Waals surface area contributed by atoms with Crippen LogP contribution in [0.2, 0.25) is 0 Å². The lowest BCUT2D eigenvalue weighted by molar-refractivity contribution is -0.155. The van der Waals surface area contributed by atoms with Gasteiger partial charge in [0.2, 0.25) is 5.91 Å². The van der Waals surface area contributed by atoms with Gasteiger partial charge in [0, 0.05) is 27.4 Å². The van der Waals surface area contributed by atoms with Crippen LogP contribution in [0, 0.1) is 5.41 Å². The third-order valence-electron chi connectivity index (χ3n) is 4.16. The van der Waals surface area contributed by atoms with E-state index in [-0.39, 0.29) is 11.9 Å². The molecular formula is C13H23NO5. The predicted molar refractivity (Wildman–Crippen MR) is 67.7 cm³/mol. The number of nitrogens with zero attached hydrogens (tertiary/aromatic N) is 1. The van der Waals surface area contributed by atoms with Gasteiger partial charge in [0.25, 0.3) is 0 Å². The van der Waals surface area contributed by atoms with Crippen molar-refractivity contribution in [2.75, 3.05) is 47.2 Å². The molecule has 6 nitrogen and oxygen atoms in total. The van der Waals surface area contributed by atoms with Crippen LogP contribution in [-0.4, -0.2) is 75.3 Å². The number of carbonyl (C=O) groups is 1. The molecule has 2 aliphatic heterocycles. The molecule has 0 unspecified atom stereocenters. The third-order valence-corrected chi connectivity index (χ3v) is 4.16. The number of hydrogen-bond acceptors (Lipinski definition) is 5. The number of carbonyl (C=O) groups excluding carboxylic acids is 1. The van der Waals surface area contributed by atoms with Crippen LogP contribution >= 0.6 is 0 Å². The Balaban J connectivity index is 2.09. The number of likely N-dealkylation sites (N-methyl/N-ethyl adjacent to an activating group) is 1. The Hall–Kier alpha value is -0.690. The van der Waals surface area contributed by atoms with Crippen molar-refractivity contribution in [1.82, 2.24) is 4.90 Å². The second-order valence-electron chi connectivity index (χ2n) is 5.41. The highest BCUT2D eigenvalue weighted by Crippen LogP contribution is 2.34. The summed E-state index contributed by atoms with van der Waals surface area (Å²) in [5.74, 6) is 0.0206. The van der Waals surface area contributed by atoms with Gasteiger partial charge in [-0.2, -0.15) is 0 Å². The normalized spacial score (nSPS) is 30.3. The monoisotopic (exact) mass is 273 g/mol. The number of ether oxygens (including phenoxy) is 3. The highest BCUT2D eigenvalue weighted by atomic mass is 16.5. The van der Waals surface area contributed by atoms with E-state index < -0.39 is 11.5 Å². The number of aliphatic hydroxyl groups is 1. The van der Waals surface area contributed by atoms with Gasteiger partial charge in [0.15, 0.2) is 0 Å². The van der Waals surface area contributed by atoms with Gasteiger partial charge in [-0.15, -0.1) is 0 Å². The van der Waals surface area contributed by atoms with Crippen molar-refractivity contribution in [2.24, 2.45) is 5.41 Å². The Morgan fingerprint density at radius 3 is 2.58 bits per heavy atom. The maximum absolute atomic E-state index is 12.8. The van der Waals surface area contributed by atoms with E-state index in [1.807, 2.05) is 0 Å². The van der Waals surface area contributed by atoms with E-state index in [2.05, 4.69) is 0 Å². The van der Waals surface area contributed by atoms with Gasteiger partial charge in [0.1, 0.15) is 0 Å². The Bertz CT molecular complexity index is 311. The minimum Gasteiger partial charge on any atom is -0.388 e. The summed E-state index contributed by atoms with van der Waals surface area (Å²) in [7, 11) is 3.34. The molecular weight excluding hydrogens is 250 g/mol. The summed E-state index contributed by atoms with van der Waals surface area (Å²) in [4.78, 5) is 14.4. The summed E-state index contributed by atoms with van der Waals surface area (Å²) >= 11 is 0. The molecule has 0 spiro atoms. The Morgan fingerprint density at radius 1 is 1.37 bits per heavy atom. The Labute approximate surface area is 113 Å². The molecule has 0 aliphatic carbocycles. The summed E-state index contributed by atoms with van der Waals surface area (Å²) in [6.45, 7) is 2.23. The molecule has 2 saturated heterocycles. The molecule has 0 saturated carbocycles. The SMILES string of the molecule is COCC1(C(=O)N(C)[C@@H]2COC[C@H]2O)CCOCC1. The average molecular weight is 273 g/mol. The van der Waals surface area contributed by atoms with Crippen LogP contribution in [0.1, 0.15) is 12.8 Å². The lowest BCUT2D eigenvalue weighted by Crippen LogP contribution is -2.53. The van der Waals surface area contributed by atoms with Crippen molar-refractivity contribution < 1.29 is 24.1 Å². The van der Waals surface area contributed by atoms with Crippen LogP contribution in [-0.2, 0) is 19.0 Å². The van der Waals surface area contributed by atoms with Gasteiger partial charge in [-0.1, -0.05) is 0 Å². The molecule has 110 valence electrons. The number of hydrogen-bond donors (Lipinski definition) is 1. The van der Waals surface area contributed by atoms with Crippen LogP contribution in [0.5, 0.6) is 0 Å². The van der Waals surface area contributed by atoms with Crippen molar-refractivity contribution in [3.63, 3.8) is 0 Å². The molecule has 2 atom stereocenters. The van der Waals surface area contributed by atoms with Gasteiger partial charge in [-0.25, -0.2) is 0 Å². The smallest absolute Gasteiger partial charge is 0.231 e. The molecule has 2 fully saturated rings. The predicted octanol–water partition coefficient (Wildman–Crippen LogP) is -0.352. The molecule has 0 aromatic rings. The molecule has 2 rings (SSSR count). The van der Waals surface area contributed by atoms with Gasteiger partial charge >= 0.3 is 0 Å². The van der Waals surface area contributed by atoms with Crippen molar-refractivity contribution in [3.05, 3.63) is 0 Å². The van der Waals surface area contributed by atoms with Gasteiger partial charge < -0.3 is 24.2 Å². The topological polar surface area (TPSA) is 68.2 Å². The van der Waals surface area contributed by atoms with Gasteiger partial charge in [0.05, 0.1) is 37.4 Å². The Morgan fingerprint density at radius 2 is 2.05 bits per heavy atom. The molecule has 1 amide bonds. The highest BCUT2D eigenvalue weighted by molar-refractivity contribution is 5.83. The summed E-state index contributed by atoms with van der Waals surface area (Å²) < 4.78 is 15.8. The van der Waals surface area contributed by atoms with Crippen LogP contribution in [0.3, 0.4) is 0 Å². The molecule has 2 aliphatic rings. The van der Waals surface area contributed by atoms with E-state index in [9.17, 15) is 9.90 Å². The molecule has 2 heterocycles. The van der Waals surface area contributed by atoms with Crippen LogP contribution in [0.4, 0.5) is 0 Å². The summed E-state index contributed by atoms with van der Waals surface area (Å²) in [5.41, 5.74) is -0.524. The zero-order valence-corrected chi connectivity index (χ0v) is 11.6. The van der Waals surface area contributed by atoms with Gasteiger partial charge in [-0.05, 0) is 12.8 Å². The number of aliphatic hydroxyl groups excluding tert-OH is 1. The van der Waals surface area contributed by atoms with Crippen LogP contribution in [0.15, 0.2) is 0 Å². The standard InChI is InChI=1S/C13H23NO5/c1-14(10-7-19-8-11(10)15)12(16)13(9-17-2)3-5-18-6-4-13/h10-11,15H,3-9H2,1-2H3/t10-,11-/m1/s1. The molecule has 0 aromatic carbocycles. The minimum atomic E-state index is -0.603. The first kappa shape index (κ1) is 14.7. The number of methoxy groups -OCH3 is 1. The second kappa shape index (κ2) is 6.17. The molecule has 0 bridgehead atoms. The second-order valence-corrected chi connectivity index (χ2v) is 5.41. The summed E-state index contributed by atoms with van der Waals surface area (Å²) in [5, 5.41) is 9.85. The van der Waals surface area contributed by atoms with E-state index in [0.29, 0.717) is 45.9 Å². The Kier molecular flexibility index (Phi) is 4.78. The minimum absolute atomic E-state index is 0.0206. The van der Waals surface area contributed by atoms with Crippen molar-refractivity contribution >= 4 is 5.91 Å². The van der Waals surface area contributed by atoms with E-state index in [1.54, 1.807) is 19.1 Å². The maximum Gasteiger partial charge on any atom is 0.231 e. The van der Waals surface area contributed by atoms with Crippen molar-refractivity contribution in [1.29, 1.82) is 0 Å². The molecule has 6 heteroatoms. The third kappa shape index (κ3) is 2.91. The number of amides is 1. The van der Waals surface area contributed by atoms with E-state index in [1.165, 1.54) is 0 Å². The zero-order chi connectivity index (χ0) is 13.9. The lowest BCUT2D eigenvalue weighted by atomic mass is 9.79. The fourth-order valence-corrected chi connectivity index (χ4v) is 2.88. The molecule has 0 radical (unpaired) electrons. The van der Waals surface area contributed by atoms with Crippen molar-refractivity contribution in [3.8, 4) is 0 Å². The quantitative estimate of drug-likeness (QED) is 0.758. The first-order valence-electron chi connectivity index (χ1n) is 6.70. The fraction of sp³-hybridized carbons (Fsp3) is 0.923. The largest absolute Gasteiger partial charge is 0.388 e. The zero-order valence-electron chi connectivity index (χ0n) is 11.6. The molecule has 0 aromatic heterocycles. The van der Waals surface area contributed by atoms with Crippen LogP contribution in [0.25, 0.3) is 0 Å². The van der Waals surface area contributed by atoms with Crippen LogP contribution < -0.4 is 0 Å².